The number of pyridine rings is 1. The maximum absolute atomic E-state index is 14.6. The molecular weight excluding hydrogens is 593 g/mol. The first-order chi connectivity index (χ1) is 21.2. The fourth-order valence-corrected chi connectivity index (χ4v) is 5.22. The van der Waals surface area contributed by atoms with Gasteiger partial charge in [-0.25, -0.2) is 9.37 Å². The number of ether oxygens (including phenoxy) is 2. The Labute approximate surface area is 271 Å². The molecule has 3 atom stereocenters. The SMILES string of the molecule is [B]C([B])([B])Cn1nc(Cl)c2c1-c1cnc(NCOC(=O)C(N)C(C)CC)c(c1)O[C@H](C)c1cc(F)ccc1/C(N)=C(/C=NC)C2. The number of carbonyl (C=O) groups excluding carboxylic acids is 1. The molecule has 0 saturated heterocycles. The number of hydrogen-bond acceptors (Lipinski definition) is 9. The van der Waals surface area contributed by atoms with Gasteiger partial charge in [-0.15, -0.1) is 5.11 Å². The predicted octanol–water partition coefficient (Wildman–Crippen LogP) is 3.67. The van der Waals surface area contributed by atoms with E-state index in [4.69, 9.17) is 56.1 Å². The summed E-state index contributed by atoms with van der Waals surface area (Å²) in [6.45, 7) is 5.24. The molecule has 2 aromatic heterocycles. The highest BCUT2D eigenvalue weighted by atomic mass is 35.5. The number of anilines is 1. The summed E-state index contributed by atoms with van der Waals surface area (Å²) >= 11 is 6.71. The molecule has 0 spiro atoms. The lowest BCUT2D eigenvalue weighted by atomic mass is 9.43. The maximum atomic E-state index is 14.6. The van der Waals surface area contributed by atoms with Crippen LogP contribution in [0.2, 0.25) is 10.3 Å². The Kier molecular flexibility index (Phi) is 10.7. The summed E-state index contributed by atoms with van der Waals surface area (Å²) in [4.78, 5) is 21.2. The second-order valence-electron chi connectivity index (χ2n) is 11.1. The van der Waals surface area contributed by atoms with E-state index in [1.165, 1.54) is 16.8 Å². The van der Waals surface area contributed by atoms with Crippen LogP contribution in [-0.4, -0.2) is 70.3 Å². The Morgan fingerprint density at radius 3 is 2.78 bits per heavy atom. The van der Waals surface area contributed by atoms with Gasteiger partial charge >= 0.3 is 5.97 Å². The second-order valence-corrected chi connectivity index (χ2v) is 11.5. The molecule has 5 N–H and O–H groups in total. The molecule has 3 heterocycles. The van der Waals surface area contributed by atoms with Crippen LogP contribution >= 0.6 is 11.6 Å². The summed E-state index contributed by atoms with van der Waals surface area (Å²) in [7, 11) is 19.5. The third-order valence-electron chi connectivity index (χ3n) is 7.58. The maximum Gasteiger partial charge on any atom is 0.324 e. The molecular formula is C30H34B3ClFN7O3. The highest BCUT2D eigenvalue weighted by Crippen LogP contribution is 2.39. The van der Waals surface area contributed by atoms with E-state index in [1.54, 1.807) is 38.5 Å². The normalized spacial score (nSPS) is 18.2. The fraction of sp³-hybridized carbons (Fsp3) is 0.400. The number of allylic oxidation sites excluding steroid dienone is 1. The number of nitrogens with zero attached hydrogens (tertiary/aromatic N) is 4. The monoisotopic (exact) mass is 627 g/mol. The molecule has 3 aromatic rings. The molecule has 1 aliphatic heterocycles. The quantitative estimate of drug-likeness (QED) is 0.141. The third-order valence-corrected chi connectivity index (χ3v) is 7.88. The number of fused-ring (bicyclic) bond motifs is 5. The number of hydrogen-bond donors (Lipinski definition) is 3. The average Bonchev–Trinajstić information content (AvgIpc) is 3.27. The lowest BCUT2D eigenvalue weighted by molar-refractivity contribution is -0.145. The number of esters is 1. The molecule has 2 unspecified atom stereocenters. The van der Waals surface area contributed by atoms with Gasteiger partial charge in [0.15, 0.2) is 23.5 Å². The van der Waals surface area contributed by atoms with E-state index in [2.05, 4.69) is 20.4 Å². The van der Waals surface area contributed by atoms with Gasteiger partial charge < -0.3 is 26.3 Å². The van der Waals surface area contributed by atoms with Crippen molar-refractivity contribution in [2.75, 3.05) is 19.1 Å². The summed E-state index contributed by atoms with van der Waals surface area (Å²) < 4.78 is 27.9. The van der Waals surface area contributed by atoms with Crippen molar-refractivity contribution in [2.24, 2.45) is 22.4 Å². The number of carbonyl (C=O) groups is 1. The van der Waals surface area contributed by atoms with Gasteiger partial charge in [0, 0.05) is 60.4 Å². The van der Waals surface area contributed by atoms with Crippen LogP contribution in [0.25, 0.3) is 17.0 Å². The van der Waals surface area contributed by atoms with Gasteiger partial charge in [-0.3, -0.25) is 14.5 Å². The van der Waals surface area contributed by atoms with Crippen molar-refractivity contribution in [3.63, 3.8) is 0 Å². The van der Waals surface area contributed by atoms with E-state index in [1.807, 2.05) is 13.8 Å². The number of rotatable bonds is 9. The van der Waals surface area contributed by atoms with Crippen LogP contribution < -0.4 is 21.5 Å². The van der Waals surface area contributed by atoms with Crippen LogP contribution in [0.1, 0.15) is 50.0 Å². The summed E-state index contributed by atoms with van der Waals surface area (Å²) in [6.07, 6.45) is 3.37. The molecule has 10 nitrogen and oxygen atoms in total. The van der Waals surface area contributed by atoms with Crippen molar-refractivity contribution in [1.82, 2.24) is 14.8 Å². The molecule has 6 radical (unpaired) electrons. The third kappa shape index (κ3) is 7.91. The molecule has 0 aliphatic carbocycles. The van der Waals surface area contributed by atoms with Crippen LogP contribution in [0.5, 0.6) is 5.75 Å². The number of halogens is 2. The zero-order valence-electron chi connectivity index (χ0n) is 25.7. The minimum atomic E-state index is -1.62. The Balaban J connectivity index is 1.88. The molecule has 0 fully saturated rings. The molecule has 1 aliphatic rings. The molecule has 0 amide bonds. The van der Waals surface area contributed by atoms with E-state index >= 15 is 0 Å². The highest BCUT2D eigenvalue weighted by Gasteiger charge is 2.27. The lowest BCUT2D eigenvalue weighted by Crippen LogP contribution is -2.38. The van der Waals surface area contributed by atoms with Crippen LogP contribution in [0.3, 0.4) is 0 Å². The number of nitrogens with two attached hydrogens (primary N) is 2. The van der Waals surface area contributed by atoms with Crippen molar-refractivity contribution in [1.29, 1.82) is 0 Å². The van der Waals surface area contributed by atoms with Gasteiger partial charge in [0.05, 0.1) is 29.2 Å². The van der Waals surface area contributed by atoms with Crippen LogP contribution in [0, 0.1) is 11.7 Å². The molecule has 2 bridgehead atoms. The molecule has 45 heavy (non-hydrogen) atoms. The van der Waals surface area contributed by atoms with E-state index in [0.29, 0.717) is 39.2 Å². The molecule has 0 saturated carbocycles. The Bertz CT molecular complexity index is 1630. The van der Waals surface area contributed by atoms with Crippen LogP contribution in [0.15, 0.2) is 41.0 Å². The summed E-state index contributed by atoms with van der Waals surface area (Å²) in [6, 6.07) is 5.20. The molecule has 230 valence electrons. The highest BCUT2D eigenvalue weighted by molar-refractivity contribution is 6.58. The minimum absolute atomic E-state index is 0.0561. The Hall–Kier alpha value is -3.77. The van der Waals surface area contributed by atoms with Crippen molar-refractivity contribution >= 4 is 58.8 Å². The molecule has 4 rings (SSSR count). The summed E-state index contributed by atoms with van der Waals surface area (Å²) in [5, 5.41) is 5.99. The standard InChI is InChI=1S/C30H34B3ClFN7O3/c1-5-15(2)24(36)29(43)44-14-40-28-23-9-18(12-39-28)26-22(27(34)41-42(26)13-30(31,32)33)8-17(11-38-4)25(37)20-7-6-19(35)10-21(20)16(3)45-23/h6-7,9-12,15-16,24H,5,8,13-14,36-37H2,1-4H3,(H,39,40)/b25-17-,38-11?/t15?,16-,24?/m1/s1. The topological polar surface area (TPSA) is 143 Å². The van der Waals surface area contributed by atoms with Crippen LogP contribution in [0.4, 0.5) is 10.2 Å². The zero-order chi connectivity index (χ0) is 33.1. The van der Waals surface area contributed by atoms with Gasteiger partial charge in [-0.05, 0) is 42.7 Å². The zero-order valence-corrected chi connectivity index (χ0v) is 26.4. The average molecular weight is 628 g/mol. The predicted molar refractivity (Wildman–Crippen MR) is 177 cm³/mol. The summed E-state index contributed by atoms with van der Waals surface area (Å²) in [5.74, 6) is -0.575. The number of aromatic nitrogens is 3. The van der Waals surface area contributed by atoms with E-state index in [9.17, 15) is 9.18 Å². The van der Waals surface area contributed by atoms with Gasteiger partial charge in [0.25, 0.3) is 0 Å². The fourth-order valence-electron chi connectivity index (χ4n) is 4.98. The van der Waals surface area contributed by atoms with Gasteiger partial charge in [-0.1, -0.05) is 31.9 Å². The smallest absolute Gasteiger partial charge is 0.324 e. The Morgan fingerprint density at radius 1 is 1.38 bits per heavy atom. The number of benzene rings is 1. The van der Waals surface area contributed by atoms with Crippen LogP contribution in [-0.2, 0) is 22.5 Å². The van der Waals surface area contributed by atoms with E-state index in [-0.39, 0.29) is 42.3 Å². The first-order valence-corrected chi connectivity index (χ1v) is 14.8. The lowest BCUT2D eigenvalue weighted by Gasteiger charge is -2.24. The van der Waals surface area contributed by atoms with E-state index in [0.717, 1.165) is 6.42 Å². The summed E-state index contributed by atoms with van der Waals surface area (Å²) in [5.41, 5.74) is 16.3. The first-order valence-electron chi connectivity index (χ1n) is 14.4. The Morgan fingerprint density at radius 2 is 2.11 bits per heavy atom. The van der Waals surface area contributed by atoms with Gasteiger partial charge in [0.1, 0.15) is 18.0 Å². The van der Waals surface area contributed by atoms with Gasteiger partial charge in [0.2, 0.25) is 0 Å². The number of nitrogens with one attached hydrogen (secondary N) is 1. The second kappa shape index (κ2) is 14.1. The van der Waals surface area contributed by atoms with Gasteiger partial charge in [-0.2, -0.15) is 5.10 Å². The van der Waals surface area contributed by atoms with Crippen molar-refractivity contribution in [2.45, 2.75) is 57.4 Å². The largest absolute Gasteiger partial charge is 0.482 e. The minimum Gasteiger partial charge on any atom is -0.482 e. The number of aliphatic imine (C=N–C) groups is 1. The first kappa shape index (κ1) is 34.1. The van der Waals surface area contributed by atoms with Crippen molar-refractivity contribution in [3.8, 4) is 17.0 Å². The molecule has 15 heteroatoms. The molecule has 1 aromatic carbocycles. The van der Waals surface area contributed by atoms with Crippen molar-refractivity contribution < 1.29 is 18.7 Å². The van der Waals surface area contributed by atoms with Crippen molar-refractivity contribution in [3.05, 3.63) is 63.7 Å². The van der Waals surface area contributed by atoms with E-state index < -0.39 is 29.0 Å².